The average Bonchev–Trinajstić information content (AvgIpc) is 2.82. The Kier molecular flexibility index (Phi) is 4.46. The van der Waals surface area contributed by atoms with Gasteiger partial charge in [-0.3, -0.25) is 4.57 Å². The lowest BCUT2D eigenvalue weighted by Gasteiger charge is -2.10. The first-order chi connectivity index (χ1) is 9.81. The van der Waals surface area contributed by atoms with Crippen molar-refractivity contribution in [3.8, 4) is 0 Å². The molecule has 0 aliphatic carbocycles. The quantitative estimate of drug-likeness (QED) is 0.871. The first-order valence-corrected chi connectivity index (χ1v) is 7.23. The van der Waals surface area contributed by atoms with Gasteiger partial charge < -0.3 is 0 Å². The van der Waals surface area contributed by atoms with E-state index in [-0.39, 0.29) is 6.54 Å². The third-order valence-corrected chi connectivity index (χ3v) is 3.93. The molecule has 0 bridgehead atoms. The van der Waals surface area contributed by atoms with Crippen molar-refractivity contribution in [2.45, 2.75) is 39.4 Å². The highest BCUT2D eigenvalue weighted by atomic mass is 32.1. The molecule has 0 aromatic carbocycles. The fourth-order valence-corrected chi connectivity index (χ4v) is 2.79. The van der Waals surface area contributed by atoms with Crippen LogP contribution in [-0.4, -0.2) is 14.5 Å². The first-order valence-electron chi connectivity index (χ1n) is 6.41. The van der Waals surface area contributed by atoms with E-state index in [9.17, 15) is 18.0 Å². The van der Waals surface area contributed by atoms with Crippen LogP contribution >= 0.6 is 11.3 Å². The Bertz CT molecular complexity index is 691. The van der Waals surface area contributed by atoms with Gasteiger partial charge in [0.15, 0.2) is 0 Å². The molecular weight excluding hydrogens is 303 g/mol. The lowest BCUT2D eigenvalue weighted by molar-refractivity contribution is -0.134. The third kappa shape index (κ3) is 3.69. The second-order valence-corrected chi connectivity index (χ2v) is 5.74. The van der Waals surface area contributed by atoms with E-state index < -0.39 is 16.7 Å². The van der Waals surface area contributed by atoms with Crippen LogP contribution in [0.2, 0.25) is 0 Å². The van der Waals surface area contributed by atoms with E-state index in [1.807, 2.05) is 6.92 Å². The van der Waals surface area contributed by atoms with Crippen LogP contribution in [-0.2, 0) is 19.1 Å². The van der Waals surface area contributed by atoms with Gasteiger partial charge in [-0.05, 0) is 25.5 Å². The van der Waals surface area contributed by atoms with Crippen LogP contribution in [0.4, 0.5) is 13.2 Å². The van der Waals surface area contributed by atoms with Crippen LogP contribution in [0.5, 0.6) is 0 Å². The molecule has 0 aliphatic heterocycles. The molecule has 2 rings (SSSR count). The van der Waals surface area contributed by atoms with Crippen molar-refractivity contribution in [2.75, 3.05) is 0 Å². The predicted octanol–water partition coefficient (Wildman–Crippen LogP) is 3.03. The Labute approximate surface area is 123 Å². The van der Waals surface area contributed by atoms with Crippen LogP contribution in [0.3, 0.4) is 0 Å². The summed E-state index contributed by atoms with van der Waals surface area (Å²) in [6.45, 7) is 3.63. The minimum Gasteiger partial charge on any atom is -0.275 e. The molecule has 0 saturated carbocycles. The number of rotatable bonds is 4. The lowest BCUT2D eigenvalue weighted by atomic mass is 10.3. The van der Waals surface area contributed by atoms with Crippen LogP contribution in [0.25, 0.3) is 0 Å². The molecule has 8 heteroatoms. The molecule has 0 N–H and O–H groups in total. The van der Waals surface area contributed by atoms with Gasteiger partial charge in [-0.15, -0.1) is 11.3 Å². The highest BCUT2D eigenvalue weighted by molar-refractivity contribution is 7.12. The number of hydrogen-bond donors (Lipinski definition) is 0. The zero-order chi connectivity index (χ0) is 15.6. The molecule has 2 aromatic rings. The zero-order valence-corrected chi connectivity index (χ0v) is 12.4. The Morgan fingerprint density at radius 1 is 1.29 bits per heavy atom. The Morgan fingerprint density at radius 3 is 2.57 bits per heavy atom. The maximum Gasteiger partial charge on any atom is 0.425 e. The summed E-state index contributed by atoms with van der Waals surface area (Å²) in [6, 6.07) is 2.41. The van der Waals surface area contributed by atoms with Crippen molar-refractivity contribution in [3.05, 3.63) is 44.0 Å². The largest absolute Gasteiger partial charge is 0.425 e. The molecule has 0 spiro atoms. The van der Waals surface area contributed by atoms with Gasteiger partial charge in [-0.1, -0.05) is 6.92 Å². The molecule has 0 unspecified atom stereocenters. The predicted molar refractivity (Wildman–Crippen MR) is 73.4 cm³/mol. The third-order valence-electron chi connectivity index (χ3n) is 2.82. The molecule has 2 heterocycles. The van der Waals surface area contributed by atoms with Crippen molar-refractivity contribution in [1.82, 2.24) is 14.5 Å². The molecule has 114 valence electrons. The Morgan fingerprint density at radius 2 is 2.00 bits per heavy atom. The number of thiophene rings is 1. The summed E-state index contributed by atoms with van der Waals surface area (Å²) >= 11 is 0.634. The van der Waals surface area contributed by atoms with E-state index in [2.05, 4.69) is 9.97 Å². The van der Waals surface area contributed by atoms with Crippen molar-refractivity contribution in [1.29, 1.82) is 0 Å². The van der Waals surface area contributed by atoms with Crippen LogP contribution in [0.1, 0.15) is 34.7 Å². The van der Waals surface area contributed by atoms with Gasteiger partial charge in [0.25, 0.3) is 0 Å². The molecule has 0 aliphatic rings. The minimum absolute atomic E-state index is 0.0647. The number of aryl methyl sites for hydroxylation is 2. The van der Waals surface area contributed by atoms with Gasteiger partial charge in [-0.2, -0.15) is 18.2 Å². The topological polar surface area (TPSA) is 47.8 Å². The summed E-state index contributed by atoms with van der Waals surface area (Å²) < 4.78 is 39.1. The molecule has 0 radical (unpaired) electrons. The summed E-state index contributed by atoms with van der Waals surface area (Å²) in [4.78, 5) is 19.7. The fraction of sp³-hybridized carbons (Fsp3) is 0.462. The summed E-state index contributed by atoms with van der Waals surface area (Å²) in [6.07, 6.45) is -2.99. The van der Waals surface area contributed by atoms with Crippen molar-refractivity contribution < 1.29 is 13.2 Å². The van der Waals surface area contributed by atoms with E-state index in [4.69, 9.17) is 0 Å². The van der Waals surface area contributed by atoms with E-state index in [1.54, 1.807) is 6.92 Å². The molecule has 4 nitrogen and oxygen atoms in total. The normalized spacial score (nSPS) is 11.9. The molecular formula is C13H14F3N3OS. The molecule has 21 heavy (non-hydrogen) atoms. The van der Waals surface area contributed by atoms with Crippen LogP contribution in [0, 0.1) is 6.92 Å². The Hall–Kier alpha value is -1.70. The van der Waals surface area contributed by atoms with Crippen molar-refractivity contribution >= 4 is 11.3 Å². The summed E-state index contributed by atoms with van der Waals surface area (Å²) in [5, 5.41) is 0. The maximum atomic E-state index is 12.6. The number of halogens is 3. The van der Waals surface area contributed by atoms with E-state index in [0.717, 1.165) is 12.5 Å². The monoisotopic (exact) mass is 317 g/mol. The highest BCUT2D eigenvalue weighted by Gasteiger charge is 2.32. The zero-order valence-electron chi connectivity index (χ0n) is 11.6. The Balaban J connectivity index is 2.35. The first kappa shape index (κ1) is 15.7. The highest BCUT2D eigenvalue weighted by Crippen LogP contribution is 2.34. The molecule has 0 fully saturated rings. The molecule has 2 aromatic heterocycles. The maximum absolute atomic E-state index is 12.6. The fourth-order valence-electron chi connectivity index (χ4n) is 1.93. The van der Waals surface area contributed by atoms with Gasteiger partial charge in [-0.25, -0.2) is 9.78 Å². The van der Waals surface area contributed by atoms with Gasteiger partial charge in [0.1, 0.15) is 16.5 Å². The van der Waals surface area contributed by atoms with Crippen molar-refractivity contribution in [2.24, 2.45) is 0 Å². The van der Waals surface area contributed by atoms with Crippen LogP contribution in [0.15, 0.2) is 16.9 Å². The second-order valence-electron chi connectivity index (χ2n) is 4.57. The van der Waals surface area contributed by atoms with Gasteiger partial charge in [0.05, 0.1) is 6.54 Å². The molecule has 0 saturated heterocycles. The van der Waals surface area contributed by atoms with E-state index in [1.165, 1.54) is 10.6 Å². The van der Waals surface area contributed by atoms with Crippen molar-refractivity contribution in [3.63, 3.8) is 0 Å². The number of nitrogens with zero attached hydrogens (tertiary/aromatic N) is 3. The smallest absolute Gasteiger partial charge is 0.275 e. The number of aromatic nitrogens is 3. The SMILES string of the molecule is CCCc1nc(C)nc(=O)n1Cc1ccc(C(F)(F)F)s1. The minimum atomic E-state index is -4.36. The summed E-state index contributed by atoms with van der Waals surface area (Å²) in [5.41, 5.74) is -0.479. The molecule has 0 amide bonds. The van der Waals surface area contributed by atoms with Gasteiger partial charge in [0.2, 0.25) is 0 Å². The standard InChI is InChI=1S/C13H14F3N3OS/c1-3-4-11-17-8(2)18-12(20)19(11)7-9-5-6-10(21-9)13(14,15)16/h5-6H,3-4,7H2,1-2H3. The van der Waals surface area contributed by atoms with Crippen LogP contribution < -0.4 is 5.69 Å². The number of alkyl halides is 3. The number of hydrogen-bond acceptors (Lipinski definition) is 4. The second kappa shape index (κ2) is 5.97. The van der Waals surface area contributed by atoms with E-state index >= 15 is 0 Å². The van der Waals surface area contributed by atoms with Gasteiger partial charge in [0, 0.05) is 11.3 Å². The molecule has 0 atom stereocenters. The average molecular weight is 317 g/mol. The van der Waals surface area contributed by atoms with Gasteiger partial charge >= 0.3 is 11.9 Å². The summed E-state index contributed by atoms with van der Waals surface area (Å²) in [7, 11) is 0. The summed E-state index contributed by atoms with van der Waals surface area (Å²) in [5.74, 6) is 0.929. The van der Waals surface area contributed by atoms with E-state index in [0.29, 0.717) is 34.3 Å². The lowest BCUT2D eigenvalue weighted by Crippen LogP contribution is -2.28.